The van der Waals surface area contributed by atoms with Crippen LogP contribution < -0.4 is 14.4 Å². The maximum absolute atomic E-state index is 13.4. The highest BCUT2D eigenvalue weighted by Gasteiger charge is 2.34. The lowest BCUT2D eigenvalue weighted by Crippen LogP contribution is -2.28. The Morgan fingerprint density at radius 1 is 1.12 bits per heavy atom. The number of amidine groups is 1. The second-order valence-corrected chi connectivity index (χ2v) is 9.01. The van der Waals surface area contributed by atoms with E-state index in [9.17, 15) is 4.79 Å². The molecule has 1 saturated heterocycles. The smallest absolute Gasteiger partial charge is 0.271 e. The number of thioether (sulfide) groups is 1. The summed E-state index contributed by atoms with van der Waals surface area (Å²) in [6, 6.07) is 22.8. The predicted molar refractivity (Wildman–Crippen MR) is 143 cm³/mol. The molecule has 3 aromatic rings. The van der Waals surface area contributed by atoms with Gasteiger partial charge in [0, 0.05) is 0 Å². The standard InChI is InChI=1S/C26H19IN2O3S/c1-3-14-32-24-21(27)15-18(16-22(24)31-2)17-23-25(30)29(20-12-8-5-9-13-20)26(33-23)28-19-10-6-4-7-11-19/h1,4-13,15-17H,14H2,2H3/b23-17+,28-26?. The van der Waals surface area contributed by atoms with Gasteiger partial charge in [-0.05, 0) is 82.4 Å². The van der Waals surface area contributed by atoms with E-state index in [1.165, 1.54) is 11.8 Å². The molecule has 1 aliphatic heterocycles. The average Bonchev–Trinajstić information content (AvgIpc) is 3.13. The summed E-state index contributed by atoms with van der Waals surface area (Å²) in [5.41, 5.74) is 2.36. The molecule has 33 heavy (non-hydrogen) atoms. The molecule has 0 aromatic heterocycles. The minimum Gasteiger partial charge on any atom is -0.493 e. The van der Waals surface area contributed by atoms with Gasteiger partial charge in [-0.25, -0.2) is 4.99 Å². The van der Waals surface area contributed by atoms with Crippen molar-refractivity contribution in [1.29, 1.82) is 0 Å². The van der Waals surface area contributed by atoms with Crippen LogP contribution in [0.2, 0.25) is 0 Å². The van der Waals surface area contributed by atoms with Crippen molar-refractivity contribution in [2.24, 2.45) is 4.99 Å². The third kappa shape index (κ3) is 5.24. The molecule has 0 spiro atoms. The second-order valence-electron chi connectivity index (χ2n) is 6.84. The molecule has 0 bridgehead atoms. The third-order valence-electron chi connectivity index (χ3n) is 4.65. The summed E-state index contributed by atoms with van der Waals surface area (Å²) in [5.74, 6) is 3.46. The van der Waals surface area contributed by atoms with Crippen LogP contribution in [0.15, 0.2) is 82.7 Å². The maximum atomic E-state index is 13.4. The summed E-state index contributed by atoms with van der Waals surface area (Å²) < 4.78 is 12.0. The lowest BCUT2D eigenvalue weighted by atomic mass is 10.1. The van der Waals surface area contributed by atoms with Crippen LogP contribution in [-0.4, -0.2) is 24.8 Å². The fourth-order valence-electron chi connectivity index (χ4n) is 3.19. The lowest BCUT2D eigenvalue weighted by Gasteiger charge is -2.15. The summed E-state index contributed by atoms with van der Waals surface area (Å²) in [6.45, 7) is 0.145. The molecule has 5 nitrogen and oxygen atoms in total. The largest absolute Gasteiger partial charge is 0.493 e. The summed E-state index contributed by atoms with van der Waals surface area (Å²) in [5, 5.41) is 0.597. The average molecular weight is 566 g/mol. The highest BCUT2D eigenvalue weighted by molar-refractivity contribution is 14.1. The molecule has 0 radical (unpaired) electrons. The molecule has 1 heterocycles. The van der Waals surface area contributed by atoms with Gasteiger partial charge in [0.2, 0.25) is 0 Å². The number of rotatable bonds is 6. The number of anilines is 1. The number of carbonyl (C=O) groups excluding carboxylic acids is 1. The number of hydrogen-bond donors (Lipinski definition) is 0. The minimum absolute atomic E-state index is 0.137. The van der Waals surface area contributed by atoms with Gasteiger partial charge in [-0.15, -0.1) is 6.42 Å². The number of benzene rings is 3. The molecule has 0 unspecified atom stereocenters. The zero-order chi connectivity index (χ0) is 23.2. The van der Waals surface area contributed by atoms with Crippen LogP contribution in [0.25, 0.3) is 6.08 Å². The Morgan fingerprint density at radius 3 is 2.48 bits per heavy atom. The lowest BCUT2D eigenvalue weighted by molar-refractivity contribution is -0.113. The van der Waals surface area contributed by atoms with Crippen molar-refractivity contribution in [3.63, 3.8) is 0 Å². The van der Waals surface area contributed by atoms with Gasteiger partial charge in [-0.1, -0.05) is 42.3 Å². The number of amides is 1. The van der Waals surface area contributed by atoms with Crippen molar-refractivity contribution in [3.05, 3.63) is 86.8 Å². The first kappa shape index (κ1) is 23.0. The first-order valence-electron chi connectivity index (χ1n) is 9.97. The van der Waals surface area contributed by atoms with Gasteiger partial charge in [0.05, 0.1) is 27.0 Å². The molecule has 0 atom stereocenters. The number of halogens is 1. The van der Waals surface area contributed by atoms with Crippen LogP contribution in [-0.2, 0) is 4.79 Å². The van der Waals surface area contributed by atoms with E-state index in [4.69, 9.17) is 20.9 Å². The fourth-order valence-corrected chi connectivity index (χ4v) is 4.98. The molecule has 1 amide bonds. The van der Waals surface area contributed by atoms with E-state index >= 15 is 0 Å². The Bertz CT molecular complexity index is 1270. The van der Waals surface area contributed by atoms with Crippen molar-refractivity contribution >= 4 is 62.9 Å². The zero-order valence-corrected chi connectivity index (χ0v) is 20.7. The Kier molecular flexibility index (Phi) is 7.37. The van der Waals surface area contributed by atoms with E-state index in [0.29, 0.717) is 21.6 Å². The molecule has 0 saturated carbocycles. The van der Waals surface area contributed by atoms with E-state index in [1.807, 2.05) is 78.9 Å². The minimum atomic E-state index is -0.137. The molecule has 7 heteroatoms. The van der Waals surface area contributed by atoms with Crippen LogP contribution in [0.3, 0.4) is 0 Å². The summed E-state index contributed by atoms with van der Waals surface area (Å²) in [4.78, 5) is 20.4. The highest BCUT2D eigenvalue weighted by atomic mass is 127. The molecule has 0 N–H and O–H groups in total. The van der Waals surface area contributed by atoms with Gasteiger partial charge in [0.15, 0.2) is 16.7 Å². The van der Waals surface area contributed by atoms with Crippen molar-refractivity contribution in [2.45, 2.75) is 0 Å². The van der Waals surface area contributed by atoms with Crippen LogP contribution in [0, 0.1) is 15.9 Å². The molecular formula is C26H19IN2O3S. The first-order chi connectivity index (χ1) is 16.1. The maximum Gasteiger partial charge on any atom is 0.271 e. The quantitative estimate of drug-likeness (QED) is 0.205. The Morgan fingerprint density at radius 2 is 1.82 bits per heavy atom. The number of para-hydroxylation sites is 2. The second kappa shape index (κ2) is 10.6. The monoisotopic (exact) mass is 566 g/mol. The summed E-state index contributed by atoms with van der Waals surface area (Å²) >= 11 is 3.51. The van der Waals surface area contributed by atoms with Gasteiger partial charge in [0.1, 0.15) is 6.61 Å². The molecule has 1 aliphatic rings. The normalized spacial score (nSPS) is 15.7. The number of ether oxygens (including phenoxy) is 2. The molecular weight excluding hydrogens is 547 g/mol. The molecule has 4 rings (SSSR count). The van der Waals surface area contributed by atoms with E-state index in [1.54, 1.807) is 12.0 Å². The zero-order valence-electron chi connectivity index (χ0n) is 17.7. The topological polar surface area (TPSA) is 51.1 Å². The fraction of sp³-hybridized carbons (Fsp3) is 0.0769. The van der Waals surface area contributed by atoms with Crippen molar-refractivity contribution < 1.29 is 14.3 Å². The number of aliphatic imine (C=N–C) groups is 1. The molecule has 0 aliphatic carbocycles. The predicted octanol–water partition coefficient (Wildman–Crippen LogP) is 6.12. The van der Waals surface area contributed by atoms with Gasteiger partial charge in [-0.2, -0.15) is 0 Å². The van der Waals surface area contributed by atoms with Crippen LogP contribution in [0.1, 0.15) is 5.56 Å². The first-order valence-corrected chi connectivity index (χ1v) is 11.9. The van der Waals surface area contributed by atoms with Crippen LogP contribution >= 0.6 is 34.4 Å². The Labute approximate surface area is 210 Å². The molecule has 3 aromatic carbocycles. The molecule has 164 valence electrons. The van der Waals surface area contributed by atoms with Crippen LogP contribution in [0.4, 0.5) is 11.4 Å². The van der Waals surface area contributed by atoms with E-state index in [0.717, 1.165) is 20.5 Å². The van der Waals surface area contributed by atoms with Crippen LogP contribution in [0.5, 0.6) is 11.5 Å². The summed E-state index contributed by atoms with van der Waals surface area (Å²) in [6.07, 6.45) is 7.16. The number of hydrogen-bond acceptors (Lipinski definition) is 5. The third-order valence-corrected chi connectivity index (χ3v) is 6.42. The van der Waals surface area contributed by atoms with Gasteiger partial charge < -0.3 is 9.47 Å². The SMILES string of the molecule is C#CCOc1c(I)cc(/C=C2/SC(=Nc3ccccc3)N(c3ccccc3)C2=O)cc1OC. The highest BCUT2D eigenvalue weighted by Crippen LogP contribution is 2.39. The number of carbonyl (C=O) groups is 1. The van der Waals surface area contributed by atoms with Crippen molar-refractivity contribution in [2.75, 3.05) is 18.6 Å². The number of methoxy groups -OCH3 is 1. The number of terminal acetylenes is 1. The van der Waals surface area contributed by atoms with Gasteiger partial charge in [0.25, 0.3) is 5.91 Å². The van der Waals surface area contributed by atoms with Crippen molar-refractivity contribution in [3.8, 4) is 23.8 Å². The van der Waals surface area contributed by atoms with Gasteiger partial charge in [-0.3, -0.25) is 9.69 Å². The van der Waals surface area contributed by atoms with E-state index in [-0.39, 0.29) is 12.5 Å². The van der Waals surface area contributed by atoms with Gasteiger partial charge >= 0.3 is 0 Å². The Balaban J connectivity index is 1.74. The van der Waals surface area contributed by atoms with Crippen molar-refractivity contribution in [1.82, 2.24) is 0 Å². The van der Waals surface area contributed by atoms with E-state index in [2.05, 4.69) is 28.5 Å². The summed E-state index contributed by atoms with van der Waals surface area (Å²) in [7, 11) is 1.57. The molecule has 1 fully saturated rings. The number of nitrogens with zero attached hydrogens (tertiary/aromatic N) is 2. The van der Waals surface area contributed by atoms with E-state index < -0.39 is 0 Å². The Hall–Kier alpha value is -3.22.